The van der Waals surface area contributed by atoms with Crippen molar-refractivity contribution in [2.24, 2.45) is 4.99 Å². The summed E-state index contributed by atoms with van der Waals surface area (Å²) in [6.07, 6.45) is 5.51. The van der Waals surface area contributed by atoms with Crippen LogP contribution in [0.2, 0.25) is 0 Å². The van der Waals surface area contributed by atoms with E-state index in [0.717, 1.165) is 31.4 Å². The zero-order valence-corrected chi connectivity index (χ0v) is 19.9. The Morgan fingerprint density at radius 1 is 1.12 bits per heavy atom. The lowest BCUT2D eigenvalue weighted by Crippen LogP contribution is -2.45. The van der Waals surface area contributed by atoms with E-state index in [0.29, 0.717) is 23.1 Å². The molecule has 1 heterocycles. The van der Waals surface area contributed by atoms with E-state index in [4.69, 9.17) is 9.73 Å². The molecule has 1 fully saturated rings. The molecule has 2 aromatic rings. The second-order valence-corrected chi connectivity index (χ2v) is 9.03. The van der Waals surface area contributed by atoms with Gasteiger partial charge in [-0.2, -0.15) is 0 Å². The summed E-state index contributed by atoms with van der Waals surface area (Å²) in [4.78, 5) is 32.2. The van der Waals surface area contributed by atoms with Crippen LogP contribution in [-0.2, 0) is 9.59 Å². The molecule has 176 valence electrons. The number of carbonyl (C=O) groups excluding carboxylic acids is 2. The number of thioether (sulfide) groups is 1. The molecule has 1 N–H and O–H groups in total. The number of nitrogens with one attached hydrogen (secondary N) is 1. The maximum atomic E-state index is 13.2. The molecule has 1 aliphatic heterocycles. The topological polar surface area (TPSA) is 71.0 Å². The summed E-state index contributed by atoms with van der Waals surface area (Å²) in [5.74, 6) is -0.0740. The molecule has 6 nitrogen and oxygen atoms in total. The minimum absolute atomic E-state index is 0.0916. The summed E-state index contributed by atoms with van der Waals surface area (Å²) in [5.41, 5.74) is 1.17. The van der Waals surface area contributed by atoms with Crippen molar-refractivity contribution in [2.45, 2.75) is 50.7 Å². The molecule has 2 amide bonds. The average molecular weight is 472 g/mol. The molecular weight excluding hydrogens is 441 g/mol. The first-order valence-corrected chi connectivity index (χ1v) is 12.1. The predicted molar refractivity (Wildman–Crippen MR) is 132 cm³/mol. The zero-order valence-electron chi connectivity index (χ0n) is 19.1. The van der Waals surface area contributed by atoms with E-state index >= 15 is 0 Å². The van der Waals surface area contributed by atoms with Crippen molar-refractivity contribution in [1.29, 1.82) is 0 Å². The monoisotopic (exact) mass is 471 g/mol. The normalized spacial score (nSPS) is 17.3. The SMILES string of the molecule is CCCCCCCN1C(=O)CC(C(=O)Nc2ccc(F)cc2)SC1=Nc1ccc(OC)cc1. The van der Waals surface area contributed by atoms with Gasteiger partial charge in [-0.15, -0.1) is 0 Å². The molecule has 1 atom stereocenters. The number of nitrogens with zero attached hydrogens (tertiary/aromatic N) is 2. The van der Waals surface area contributed by atoms with Crippen molar-refractivity contribution >= 4 is 40.1 Å². The average Bonchev–Trinajstić information content (AvgIpc) is 2.82. The number of carbonyl (C=O) groups is 2. The molecule has 1 saturated heterocycles. The van der Waals surface area contributed by atoms with E-state index in [1.54, 1.807) is 12.0 Å². The number of benzene rings is 2. The van der Waals surface area contributed by atoms with Crippen LogP contribution in [0.3, 0.4) is 0 Å². The van der Waals surface area contributed by atoms with Crippen molar-refractivity contribution in [3.8, 4) is 5.75 Å². The second-order valence-electron chi connectivity index (χ2n) is 7.86. The van der Waals surface area contributed by atoms with Gasteiger partial charge in [-0.05, 0) is 55.0 Å². The van der Waals surface area contributed by atoms with E-state index in [1.807, 2.05) is 24.3 Å². The van der Waals surface area contributed by atoms with Crippen molar-refractivity contribution < 1.29 is 18.7 Å². The fourth-order valence-corrected chi connectivity index (χ4v) is 4.58. The highest BCUT2D eigenvalue weighted by atomic mass is 32.2. The van der Waals surface area contributed by atoms with Crippen LogP contribution < -0.4 is 10.1 Å². The van der Waals surface area contributed by atoms with Gasteiger partial charge in [0.15, 0.2) is 5.17 Å². The van der Waals surface area contributed by atoms with E-state index in [-0.39, 0.29) is 24.1 Å². The van der Waals surface area contributed by atoms with Crippen LogP contribution in [0.1, 0.15) is 45.4 Å². The molecule has 0 radical (unpaired) electrons. The Morgan fingerprint density at radius 3 is 2.48 bits per heavy atom. The number of anilines is 1. The molecule has 0 bridgehead atoms. The second kappa shape index (κ2) is 12.4. The highest BCUT2D eigenvalue weighted by Gasteiger charge is 2.35. The lowest BCUT2D eigenvalue weighted by Gasteiger charge is -2.32. The van der Waals surface area contributed by atoms with Crippen LogP contribution in [-0.4, -0.2) is 40.8 Å². The minimum Gasteiger partial charge on any atom is -0.497 e. The van der Waals surface area contributed by atoms with Gasteiger partial charge in [0.25, 0.3) is 0 Å². The van der Waals surface area contributed by atoms with Crippen LogP contribution >= 0.6 is 11.8 Å². The van der Waals surface area contributed by atoms with Crippen molar-refractivity contribution in [1.82, 2.24) is 4.90 Å². The number of amidine groups is 1. The van der Waals surface area contributed by atoms with Crippen LogP contribution in [0.4, 0.5) is 15.8 Å². The van der Waals surface area contributed by atoms with E-state index in [1.165, 1.54) is 42.4 Å². The smallest absolute Gasteiger partial charge is 0.238 e. The number of aliphatic imine (C=N–C) groups is 1. The van der Waals surface area contributed by atoms with Gasteiger partial charge in [0.2, 0.25) is 11.8 Å². The number of hydrogen-bond acceptors (Lipinski definition) is 5. The van der Waals surface area contributed by atoms with Crippen LogP contribution in [0, 0.1) is 5.82 Å². The third-order valence-electron chi connectivity index (χ3n) is 5.33. The Bertz CT molecular complexity index is 964. The molecular formula is C25H30FN3O3S. The van der Waals surface area contributed by atoms with Crippen LogP contribution in [0.5, 0.6) is 5.75 Å². The van der Waals surface area contributed by atoms with Gasteiger partial charge in [0, 0.05) is 18.7 Å². The zero-order chi connectivity index (χ0) is 23.6. The van der Waals surface area contributed by atoms with Crippen LogP contribution in [0.15, 0.2) is 53.5 Å². The highest BCUT2D eigenvalue weighted by molar-refractivity contribution is 8.15. The molecule has 0 spiro atoms. The summed E-state index contributed by atoms with van der Waals surface area (Å²) in [7, 11) is 1.60. The molecule has 0 aliphatic carbocycles. The summed E-state index contributed by atoms with van der Waals surface area (Å²) in [6.45, 7) is 2.75. The first-order chi connectivity index (χ1) is 16.0. The largest absolute Gasteiger partial charge is 0.497 e. The Labute approximate surface area is 198 Å². The highest BCUT2D eigenvalue weighted by Crippen LogP contribution is 2.31. The maximum absolute atomic E-state index is 13.2. The van der Waals surface area contributed by atoms with Gasteiger partial charge < -0.3 is 10.1 Å². The third kappa shape index (κ3) is 7.32. The molecule has 0 saturated carbocycles. The number of unbranched alkanes of at least 4 members (excludes halogenated alkanes) is 4. The quantitative estimate of drug-likeness (QED) is 0.447. The number of halogens is 1. The molecule has 33 heavy (non-hydrogen) atoms. The fourth-order valence-electron chi connectivity index (χ4n) is 3.46. The summed E-state index contributed by atoms with van der Waals surface area (Å²) >= 11 is 1.28. The Kier molecular flexibility index (Phi) is 9.30. The van der Waals surface area contributed by atoms with Gasteiger partial charge in [-0.3, -0.25) is 14.5 Å². The molecule has 1 unspecified atom stereocenters. The first kappa shape index (κ1) is 24.8. The van der Waals surface area contributed by atoms with Gasteiger partial charge >= 0.3 is 0 Å². The summed E-state index contributed by atoms with van der Waals surface area (Å²) in [5, 5.41) is 2.68. The lowest BCUT2D eigenvalue weighted by molar-refractivity contribution is -0.129. The van der Waals surface area contributed by atoms with Crippen molar-refractivity contribution in [3.05, 3.63) is 54.3 Å². The fraction of sp³-hybridized carbons (Fsp3) is 0.400. The van der Waals surface area contributed by atoms with Gasteiger partial charge in [0.05, 0.1) is 12.8 Å². The number of methoxy groups -OCH3 is 1. The lowest BCUT2D eigenvalue weighted by atomic mass is 10.1. The van der Waals surface area contributed by atoms with E-state index < -0.39 is 5.25 Å². The molecule has 3 rings (SSSR count). The third-order valence-corrected chi connectivity index (χ3v) is 6.51. The van der Waals surface area contributed by atoms with E-state index in [9.17, 15) is 14.0 Å². The molecule has 2 aromatic carbocycles. The number of hydrogen-bond donors (Lipinski definition) is 1. The Morgan fingerprint density at radius 2 is 1.82 bits per heavy atom. The van der Waals surface area contributed by atoms with Gasteiger partial charge in [0.1, 0.15) is 16.8 Å². The minimum atomic E-state index is -0.615. The number of rotatable bonds is 10. The Hall–Kier alpha value is -2.87. The molecule has 0 aromatic heterocycles. The molecule has 1 aliphatic rings. The van der Waals surface area contributed by atoms with Crippen molar-refractivity contribution in [2.75, 3.05) is 19.0 Å². The summed E-state index contributed by atoms with van der Waals surface area (Å²) in [6, 6.07) is 12.8. The molecule has 8 heteroatoms. The first-order valence-electron chi connectivity index (χ1n) is 11.3. The van der Waals surface area contributed by atoms with Gasteiger partial charge in [-0.1, -0.05) is 44.4 Å². The Balaban J connectivity index is 1.75. The van der Waals surface area contributed by atoms with Crippen LogP contribution in [0.25, 0.3) is 0 Å². The predicted octanol–water partition coefficient (Wildman–Crippen LogP) is 5.77. The number of ether oxygens (including phenoxy) is 1. The van der Waals surface area contributed by atoms with E-state index in [2.05, 4.69) is 12.2 Å². The standard InChI is InChI=1S/C25H30FN3O3S/c1-3-4-5-6-7-16-29-23(30)17-22(24(31)27-19-10-8-18(26)9-11-19)33-25(29)28-20-12-14-21(32-2)15-13-20/h8-15,22H,3-7,16-17H2,1-2H3,(H,27,31). The van der Waals surface area contributed by atoms with Crippen molar-refractivity contribution in [3.63, 3.8) is 0 Å². The number of amides is 2. The van der Waals surface area contributed by atoms with Gasteiger partial charge in [-0.25, -0.2) is 9.38 Å². The summed E-state index contributed by atoms with van der Waals surface area (Å²) < 4.78 is 18.4. The maximum Gasteiger partial charge on any atom is 0.238 e.